The molecule has 4 rings (SSSR count). The van der Waals surface area contributed by atoms with E-state index < -0.39 is 54.0 Å². The van der Waals surface area contributed by atoms with Crippen molar-refractivity contribution in [3.63, 3.8) is 0 Å². The van der Waals surface area contributed by atoms with Crippen molar-refractivity contribution in [1.29, 1.82) is 0 Å². The van der Waals surface area contributed by atoms with Gasteiger partial charge in [0.25, 0.3) is 18.2 Å². The molecule has 2 aromatic heterocycles. The molecule has 2 aliphatic rings. The number of hydrogen-bond acceptors (Lipinski definition) is 7. The maximum atomic E-state index is 14.2. The fourth-order valence-corrected chi connectivity index (χ4v) is 5.50. The van der Waals surface area contributed by atoms with Gasteiger partial charge in [-0.05, 0) is 45.1 Å². The van der Waals surface area contributed by atoms with Gasteiger partial charge in [-0.1, -0.05) is 6.92 Å². The second-order valence-corrected chi connectivity index (χ2v) is 10.5. The molecular formula is C24H28F5N5O3S. The molecule has 0 aromatic carbocycles. The Morgan fingerprint density at radius 1 is 1.26 bits per heavy atom. The van der Waals surface area contributed by atoms with Crippen LogP contribution in [-0.4, -0.2) is 68.7 Å². The topological polar surface area (TPSA) is 107 Å². The van der Waals surface area contributed by atoms with Crippen molar-refractivity contribution < 1.29 is 36.6 Å². The number of aromatic nitrogens is 2. The molecule has 1 saturated carbocycles. The molecule has 0 radical (unpaired) electrons. The van der Waals surface area contributed by atoms with Gasteiger partial charge < -0.3 is 20.6 Å². The second kappa shape index (κ2) is 11.1. The molecule has 4 atom stereocenters. The fourth-order valence-electron chi connectivity index (χ4n) is 4.51. The number of aliphatic hydroxyl groups excluding tert-OH is 1. The second-order valence-electron chi connectivity index (χ2n) is 9.52. The van der Waals surface area contributed by atoms with E-state index in [0.717, 1.165) is 36.4 Å². The van der Waals surface area contributed by atoms with Crippen LogP contribution in [0.25, 0.3) is 10.4 Å². The molecule has 1 aliphatic carbocycles. The quantitative estimate of drug-likeness (QED) is 0.401. The number of likely N-dealkylation sites (tertiary alicyclic amines) is 1. The number of anilines is 1. The summed E-state index contributed by atoms with van der Waals surface area (Å²) in [6.07, 6.45) is -5.20. The van der Waals surface area contributed by atoms with Gasteiger partial charge in [-0.15, -0.1) is 11.3 Å². The van der Waals surface area contributed by atoms with Crippen molar-refractivity contribution in [2.75, 3.05) is 11.9 Å². The van der Waals surface area contributed by atoms with Gasteiger partial charge in [-0.3, -0.25) is 9.59 Å². The minimum absolute atomic E-state index is 0.0226. The number of carbonyl (C=O) groups is 2. The summed E-state index contributed by atoms with van der Waals surface area (Å²) < 4.78 is 68.0. The highest BCUT2D eigenvalue weighted by atomic mass is 32.1. The van der Waals surface area contributed by atoms with Crippen LogP contribution in [0.2, 0.25) is 0 Å². The van der Waals surface area contributed by atoms with Crippen LogP contribution >= 0.6 is 11.3 Å². The highest BCUT2D eigenvalue weighted by molar-refractivity contribution is 7.17. The van der Waals surface area contributed by atoms with Crippen LogP contribution in [-0.2, 0) is 0 Å². The number of amides is 2. The average molecular weight is 562 g/mol. The minimum atomic E-state index is -4.61. The van der Waals surface area contributed by atoms with Gasteiger partial charge in [0.15, 0.2) is 5.01 Å². The standard InChI is InChI=1S/C24H28F5N5O3S/c1-3-16(24(27,28)29)32-17-9-12(20(25)26)13(10-30-17)19-18(23(37)34-8-4-5-11(34)2)33-22(38-19)21(36)31-14-6-7-15(14)35/h9-11,14-16,20,35H,3-8H2,1-2H3,(H,30,32)(H,31,36)/t11-,14?,15?,16-/m0/s1. The lowest BCUT2D eigenvalue weighted by Crippen LogP contribution is -2.50. The molecule has 0 spiro atoms. The predicted octanol–water partition coefficient (Wildman–Crippen LogP) is 4.77. The van der Waals surface area contributed by atoms with Crippen molar-refractivity contribution in [1.82, 2.24) is 20.2 Å². The third kappa shape index (κ3) is 5.75. The van der Waals surface area contributed by atoms with E-state index in [0.29, 0.717) is 19.4 Å². The van der Waals surface area contributed by atoms with E-state index in [1.54, 1.807) is 4.90 Å². The van der Waals surface area contributed by atoms with E-state index in [9.17, 15) is 36.6 Å². The Balaban J connectivity index is 1.74. The van der Waals surface area contributed by atoms with E-state index in [-0.39, 0.29) is 33.6 Å². The zero-order chi connectivity index (χ0) is 27.8. The van der Waals surface area contributed by atoms with Crippen molar-refractivity contribution in [2.45, 2.75) is 82.8 Å². The summed E-state index contributed by atoms with van der Waals surface area (Å²) in [6, 6.07) is -1.75. The predicted molar refractivity (Wildman–Crippen MR) is 130 cm³/mol. The Morgan fingerprint density at radius 2 is 2.00 bits per heavy atom. The summed E-state index contributed by atoms with van der Waals surface area (Å²) in [7, 11) is 0. The molecule has 38 heavy (non-hydrogen) atoms. The van der Waals surface area contributed by atoms with E-state index in [2.05, 4.69) is 20.6 Å². The molecule has 2 fully saturated rings. The Kier molecular flexibility index (Phi) is 8.21. The Bertz CT molecular complexity index is 1190. The van der Waals surface area contributed by atoms with E-state index >= 15 is 0 Å². The molecule has 1 saturated heterocycles. The molecule has 1 aliphatic heterocycles. The number of hydrogen-bond donors (Lipinski definition) is 3. The molecule has 2 aromatic rings. The monoisotopic (exact) mass is 561 g/mol. The number of rotatable bonds is 8. The van der Waals surface area contributed by atoms with Crippen LogP contribution in [0.3, 0.4) is 0 Å². The first-order chi connectivity index (χ1) is 17.9. The first-order valence-electron chi connectivity index (χ1n) is 12.3. The Hall–Kier alpha value is -2.87. The van der Waals surface area contributed by atoms with E-state index in [4.69, 9.17) is 0 Å². The van der Waals surface area contributed by atoms with Gasteiger partial charge in [0.1, 0.15) is 17.6 Å². The summed E-state index contributed by atoms with van der Waals surface area (Å²) in [5.74, 6) is -1.58. The normalized spacial score (nSPS) is 22.3. The molecule has 14 heteroatoms. The first kappa shape index (κ1) is 28.1. The maximum Gasteiger partial charge on any atom is 0.408 e. The van der Waals surface area contributed by atoms with Crippen LogP contribution in [0.15, 0.2) is 12.3 Å². The zero-order valence-electron chi connectivity index (χ0n) is 20.7. The minimum Gasteiger partial charge on any atom is -0.391 e. The molecule has 3 heterocycles. The number of alkyl halides is 5. The summed E-state index contributed by atoms with van der Waals surface area (Å²) in [5, 5.41) is 14.4. The lowest BCUT2D eigenvalue weighted by molar-refractivity contribution is -0.142. The number of pyridine rings is 1. The highest BCUT2D eigenvalue weighted by Crippen LogP contribution is 2.39. The Morgan fingerprint density at radius 3 is 2.53 bits per heavy atom. The van der Waals surface area contributed by atoms with Crippen LogP contribution in [0.5, 0.6) is 0 Å². The number of aliphatic hydroxyl groups is 1. The number of carbonyl (C=O) groups excluding carboxylic acids is 2. The van der Waals surface area contributed by atoms with Gasteiger partial charge >= 0.3 is 6.18 Å². The van der Waals surface area contributed by atoms with Gasteiger partial charge in [-0.25, -0.2) is 18.7 Å². The zero-order valence-corrected chi connectivity index (χ0v) is 21.5. The smallest absolute Gasteiger partial charge is 0.391 e. The van der Waals surface area contributed by atoms with Crippen LogP contribution in [0.1, 0.15) is 78.2 Å². The third-order valence-electron chi connectivity index (χ3n) is 6.93. The maximum absolute atomic E-state index is 14.2. The summed E-state index contributed by atoms with van der Waals surface area (Å²) >= 11 is 0.721. The van der Waals surface area contributed by atoms with Crippen molar-refractivity contribution in [2.24, 2.45) is 0 Å². The Labute approximate surface area is 219 Å². The molecule has 0 bridgehead atoms. The van der Waals surface area contributed by atoms with E-state index in [1.807, 2.05) is 6.92 Å². The summed E-state index contributed by atoms with van der Waals surface area (Å²) in [4.78, 5) is 35.9. The molecular weight excluding hydrogens is 533 g/mol. The molecule has 208 valence electrons. The molecule has 2 amide bonds. The lowest BCUT2D eigenvalue weighted by Gasteiger charge is -2.32. The fraction of sp³-hybridized carbons (Fsp3) is 0.583. The van der Waals surface area contributed by atoms with Gasteiger partial charge in [-0.2, -0.15) is 13.2 Å². The summed E-state index contributed by atoms with van der Waals surface area (Å²) in [5.41, 5.74) is -1.04. The van der Waals surface area contributed by atoms with Crippen LogP contribution in [0, 0.1) is 0 Å². The van der Waals surface area contributed by atoms with Gasteiger partial charge in [0.05, 0.1) is 17.0 Å². The van der Waals surface area contributed by atoms with Gasteiger partial charge in [0.2, 0.25) is 0 Å². The first-order valence-corrected chi connectivity index (χ1v) is 13.1. The van der Waals surface area contributed by atoms with Gasteiger partial charge in [0, 0.05) is 29.9 Å². The number of nitrogens with one attached hydrogen (secondary N) is 2. The van der Waals surface area contributed by atoms with E-state index in [1.165, 1.54) is 6.92 Å². The number of thiazole rings is 1. The van der Waals surface area contributed by atoms with Crippen LogP contribution < -0.4 is 10.6 Å². The van der Waals surface area contributed by atoms with Crippen molar-refractivity contribution in [3.05, 3.63) is 28.5 Å². The lowest BCUT2D eigenvalue weighted by atomic mass is 9.89. The number of halogens is 5. The largest absolute Gasteiger partial charge is 0.408 e. The molecule has 2 unspecified atom stereocenters. The third-order valence-corrected chi connectivity index (χ3v) is 8.02. The highest BCUT2D eigenvalue weighted by Gasteiger charge is 2.39. The molecule has 3 N–H and O–H groups in total. The van der Waals surface area contributed by atoms with Crippen molar-refractivity contribution >= 4 is 29.0 Å². The van der Waals surface area contributed by atoms with Crippen LogP contribution in [0.4, 0.5) is 27.8 Å². The van der Waals surface area contributed by atoms with Crippen molar-refractivity contribution in [3.8, 4) is 10.4 Å². The number of nitrogens with zero attached hydrogens (tertiary/aromatic N) is 3. The molecule has 8 nitrogen and oxygen atoms in total. The SMILES string of the molecule is CC[C@H](Nc1cc(C(F)F)c(-c2sc(C(=O)NC3CCC3O)nc2C(=O)N2CCC[C@@H]2C)cn1)C(F)(F)F. The average Bonchev–Trinajstić information content (AvgIpc) is 3.50. The summed E-state index contributed by atoms with van der Waals surface area (Å²) in [6.45, 7) is 3.59.